The number of quaternary nitrogens is 1. The number of carboxylic acid groups (broad SMARTS) is 1. The van der Waals surface area contributed by atoms with E-state index in [0.717, 1.165) is 24.6 Å². The number of carbonyl (C=O) groups is 1. The Balaban J connectivity index is 1.64. The summed E-state index contributed by atoms with van der Waals surface area (Å²) < 4.78 is 5.63. The third-order valence-electron chi connectivity index (χ3n) is 4.01. The van der Waals surface area contributed by atoms with Gasteiger partial charge in [0.1, 0.15) is 5.75 Å². The molecule has 1 fully saturated rings. The molecule has 0 bridgehead atoms. The molecule has 0 aromatic heterocycles. The SMILES string of the molecule is CC1CC[NH+](CCCOc2ccc(C(=O)[O-])cc2)CC1. The fourth-order valence-corrected chi connectivity index (χ4v) is 2.62. The van der Waals surface area contributed by atoms with Crippen molar-refractivity contribution in [3.05, 3.63) is 29.8 Å². The van der Waals surface area contributed by atoms with Crippen molar-refractivity contribution in [3.63, 3.8) is 0 Å². The summed E-state index contributed by atoms with van der Waals surface area (Å²) in [6.45, 7) is 6.73. The van der Waals surface area contributed by atoms with E-state index in [-0.39, 0.29) is 5.56 Å². The summed E-state index contributed by atoms with van der Waals surface area (Å²) in [5, 5.41) is 10.6. The largest absolute Gasteiger partial charge is 0.545 e. The van der Waals surface area contributed by atoms with Gasteiger partial charge in [-0.3, -0.25) is 0 Å². The minimum atomic E-state index is -1.15. The minimum Gasteiger partial charge on any atom is -0.545 e. The van der Waals surface area contributed by atoms with E-state index in [2.05, 4.69) is 6.92 Å². The van der Waals surface area contributed by atoms with E-state index >= 15 is 0 Å². The van der Waals surface area contributed by atoms with Crippen LogP contribution in [0, 0.1) is 5.92 Å². The Morgan fingerprint density at radius 2 is 1.95 bits per heavy atom. The quantitative estimate of drug-likeness (QED) is 0.752. The lowest BCUT2D eigenvalue weighted by atomic mass is 9.99. The number of hydrogen-bond donors (Lipinski definition) is 1. The fourth-order valence-electron chi connectivity index (χ4n) is 2.62. The summed E-state index contributed by atoms with van der Waals surface area (Å²) in [5.74, 6) is 0.453. The molecule has 1 heterocycles. The molecule has 0 spiro atoms. The van der Waals surface area contributed by atoms with Gasteiger partial charge in [-0.2, -0.15) is 0 Å². The first kappa shape index (κ1) is 14.9. The number of likely N-dealkylation sites (tertiary alicyclic amines) is 1. The van der Waals surface area contributed by atoms with E-state index in [1.807, 2.05) is 0 Å². The number of ether oxygens (including phenoxy) is 1. The Kier molecular flexibility index (Phi) is 5.41. The van der Waals surface area contributed by atoms with Gasteiger partial charge >= 0.3 is 0 Å². The monoisotopic (exact) mass is 277 g/mol. The molecule has 2 rings (SSSR count). The second-order valence-electron chi connectivity index (χ2n) is 5.70. The minimum absolute atomic E-state index is 0.184. The maximum Gasteiger partial charge on any atom is 0.119 e. The van der Waals surface area contributed by atoms with Gasteiger partial charge in [-0.25, -0.2) is 0 Å². The number of benzene rings is 1. The average Bonchev–Trinajstić information content (AvgIpc) is 2.46. The highest BCUT2D eigenvalue weighted by Gasteiger charge is 2.17. The molecule has 110 valence electrons. The molecule has 0 atom stereocenters. The maximum atomic E-state index is 10.6. The Hall–Kier alpha value is -1.55. The highest BCUT2D eigenvalue weighted by atomic mass is 16.5. The highest BCUT2D eigenvalue weighted by molar-refractivity contribution is 5.85. The summed E-state index contributed by atoms with van der Waals surface area (Å²) in [5.41, 5.74) is 0.184. The molecule has 1 aliphatic heterocycles. The van der Waals surface area contributed by atoms with Gasteiger partial charge in [0.25, 0.3) is 0 Å². The Morgan fingerprint density at radius 1 is 1.30 bits per heavy atom. The van der Waals surface area contributed by atoms with Crippen LogP contribution in [0.3, 0.4) is 0 Å². The molecule has 1 saturated heterocycles. The van der Waals surface area contributed by atoms with Gasteiger partial charge in [0.05, 0.1) is 32.2 Å². The van der Waals surface area contributed by atoms with E-state index < -0.39 is 5.97 Å². The van der Waals surface area contributed by atoms with Crippen molar-refractivity contribution in [2.75, 3.05) is 26.2 Å². The molecule has 0 saturated carbocycles. The van der Waals surface area contributed by atoms with Crippen LogP contribution in [0.1, 0.15) is 36.5 Å². The molecular weight excluding hydrogens is 254 g/mol. The number of aromatic carboxylic acids is 1. The molecule has 4 nitrogen and oxygen atoms in total. The van der Waals surface area contributed by atoms with Gasteiger partial charge in [0, 0.05) is 6.42 Å². The van der Waals surface area contributed by atoms with Crippen molar-refractivity contribution in [2.45, 2.75) is 26.2 Å². The standard InChI is InChI=1S/C16H23NO3/c1-13-7-10-17(11-8-13)9-2-12-20-15-5-3-14(4-6-15)16(18)19/h3-6,13H,2,7-12H2,1H3,(H,18,19). The zero-order chi connectivity index (χ0) is 14.4. The number of hydrogen-bond acceptors (Lipinski definition) is 3. The topological polar surface area (TPSA) is 53.8 Å². The first-order chi connectivity index (χ1) is 9.65. The molecular formula is C16H23NO3. The Bertz CT molecular complexity index is 422. The number of carbonyl (C=O) groups excluding carboxylic acids is 1. The van der Waals surface area contributed by atoms with Crippen LogP contribution < -0.4 is 14.7 Å². The van der Waals surface area contributed by atoms with Crippen molar-refractivity contribution < 1.29 is 19.5 Å². The molecule has 1 aromatic rings. The lowest BCUT2D eigenvalue weighted by Crippen LogP contribution is -3.13. The number of piperidine rings is 1. The van der Waals surface area contributed by atoms with Gasteiger partial charge < -0.3 is 19.5 Å². The van der Waals surface area contributed by atoms with Gasteiger partial charge in [0.15, 0.2) is 0 Å². The maximum absolute atomic E-state index is 10.6. The molecule has 0 aliphatic carbocycles. The third-order valence-corrected chi connectivity index (χ3v) is 4.01. The van der Waals surface area contributed by atoms with Crippen molar-refractivity contribution in [1.29, 1.82) is 0 Å². The van der Waals surface area contributed by atoms with Crippen LogP contribution in [0.4, 0.5) is 0 Å². The molecule has 1 N–H and O–H groups in total. The number of nitrogens with one attached hydrogen (secondary N) is 1. The molecule has 20 heavy (non-hydrogen) atoms. The number of carboxylic acids is 1. The van der Waals surface area contributed by atoms with Crippen molar-refractivity contribution in [2.24, 2.45) is 5.92 Å². The van der Waals surface area contributed by atoms with Crippen LogP contribution in [0.2, 0.25) is 0 Å². The van der Waals surface area contributed by atoms with Crippen LogP contribution in [0.25, 0.3) is 0 Å². The van der Waals surface area contributed by atoms with Gasteiger partial charge in [-0.15, -0.1) is 0 Å². The molecule has 1 aromatic carbocycles. The smallest absolute Gasteiger partial charge is 0.119 e. The predicted octanol–water partition coefficient (Wildman–Crippen LogP) is 0.134. The van der Waals surface area contributed by atoms with Crippen LogP contribution in [0.5, 0.6) is 5.75 Å². The Labute approximate surface area is 120 Å². The zero-order valence-corrected chi connectivity index (χ0v) is 12.1. The lowest BCUT2D eigenvalue weighted by Gasteiger charge is -2.27. The predicted molar refractivity (Wildman–Crippen MR) is 74.8 cm³/mol. The third kappa shape index (κ3) is 4.53. The fraction of sp³-hybridized carbons (Fsp3) is 0.562. The lowest BCUT2D eigenvalue weighted by molar-refractivity contribution is -0.906. The van der Waals surface area contributed by atoms with Gasteiger partial charge in [-0.1, -0.05) is 6.92 Å². The van der Waals surface area contributed by atoms with E-state index in [0.29, 0.717) is 6.61 Å². The Morgan fingerprint density at radius 3 is 2.55 bits per heavy atom. The van der Waals surface area contributed by atoms with Crippen LogP contribution >= 0.6 is 0 Å². The molecule has 0 amide bonds. The molecule has 4 heteroatoms. The van der Waals surface area contributed by atoms with E-state index in [1.54, 1.807) is 17.0 Å². The summed E-state index contributed by atoms with van der Waals surface area (Å²) >= 11 is 0. The van der Waals surface area contributed by atoms with Gasteiger partial charge in [0.2, 0.25) is 0 Å². The van der Waals surface area contributed by atoms with Crippen molar-refractivity contribution in [1.82, 2.24) is 0 Å². The number of rotatable bonds is 6. The van der Waals surface area contributed by atoms with E-state index in [1.165, 1.54) is 38.1 Å². The van der Waals surface area contributed by atoms with Crippen molar-refractivity contribution >= 4 is 5.97 Å². The second-order valence-corrected chi connectivity index (χ2v) is 5.70. The molecule has 1 aliphatic rings. The second kappa shape index (κ2) is 7.29. The summed E-state index contributed by atoms with van der Waals surface area (Å²) in [7, 11) is 0. The first-order valence-corrected chi connectivity index (χ1v) is 7.43. The summed E-state index contributed by atoms with van der Waals surface area (Å²) in [6, 6.07) is 6.39. The normalized spacial score (nSPS) is 22.4. The van der Waals surface area contributed by atoms with Crippen LogP contribution in [-0.4, -0.2) is 32.2 Å². The first-order valence-electron chi connectivity index (χ1n) is 7.43. The average molecular weight is 277 g/mol. The zero-order valence-electron chi connectivity index (χ0n) is 12.1. The highest BCUT2D eigenvalue weighted by Crippen LogP contribution is 2.12. The van der Waals surface area contributed by atoms with Crippen molar-refractivity contribution in [3.8, 4) is 5.75 Å². The summed E-state index contributed by atoms with van der Waals surface area (Å²) in [4.78, 5) is 12.3. The van der Waals surface area contributed by atoms with Gasteiger partial charge in [-0.05, 0) is 48.6 Å². The summed E-state index contributed by atoms with van der Waals surface area (Å²) in [6.07, 6.45) is 3.70. The molecule has 0 radical (unpaired) electrons. The van der Waals surface area contributed by atoms with E-state index in [4.69, 9.17) is 4.74 Å². The van der Waals surface area contributed by atoms with Crippen LogP contribution in [-0.2, 0) is 0 Å². The van der Waals surface area contributed by atoms with E-state index in [9.17, 15) is 9.90 Å². The molecule has 0 unspecified atom stereocenters. The van der Waals surface area contributed by atoms with Crippen LogP contribution in [0.15, 0.2) is 24.3 Å².